The third kappa shape index (κ3) is 5.29. The molecule has 0 radical (unpaired) electrons. The number of rotatable bonds is 7. The zero-order chi connectivity index (χ0) is 23.4. The van der Waals surface area contributed by atoms with E-state index in [9.17, 15) is 14.9 Å². The van der Waals surface area contributed by atoms with Gasteiger partial charge in [0.15, 0.2) is 11.0 Å². The van der Waals surface area contributed by atoms with Gasteiger partial charge in [0.1, 0.15) is 0 Å². The summed E-state index contributed by atoms with van der Waals surface area (Å²) < 4.78 is 2.86. The van der Waals surface area contributed by atoms with Crippen LogP contribution >= 0.6 is 27.7 Å². The predicted molar refractivity (Wildman–Crippen MR) is 132 cm³/mol. The van der Waals surface area contributed by atoms with Crippen LogP contribution in [0.3, 0.4) is 0 Å². The van der Waals surface area contributed by atoms with Gasteiger partial charge in [-0.05, 0) is 37.3 Å². The lowest BCUT2D eigenvalue weighted by Gasteiger charge is -2.10. The van der Waals surface area contributed by atoms with E-state index in [1.807, 2.05) is 59.2 Å². The fourth-order valence-corrected chi connectivity index (χ4v) is 4.19. The van der Waals surface area contributed by atoms with Gasteiger partial charge in [0.2, 0.25) is 5.91 Å². The van der Waals surface area contributed by atoms with Crippen LogP contribution in [0.5, 0.6) is 0 Å². The van der Waals surface area contributed by atoms with E-state index in [1.54, 1.807) is 19.1 Å². The Morgan fingerprint density at radius 2 is 1.82 bits per heavy atom. The number of hydrogen-bond acceptors (Lipinski definition) is 6. The van der Waals surface area contributed by atoms with E-state index < -0.39 is 4.92 Å². The van der Waals surface area contributed by atoms with Crippen LogP contribution in [0.15, 0.2) is 82.4 Å². The molecule has 0 spiro atoms. The molecule has 33 heavy (non-hydrogen) atoms. The molecule has 1 aromatic heterocycles. The Morgan fingerprint density at radius 1 is 1.09 bits per heavy atom. The quantitative estimate of drug-likeness (QED) is 0.191. The van der Waals surface area contributed by atoms with Gasteiger partial charge < -0.3 is 5.32 Å². The van der Waals surface area contributed by atoms with Crippen LogP contribution in [0.2, 0.25) is 0 Å². The van der Waals surface area contributed by atoms with Crippen molar-refractivity contribution in [2.75, 3.05) is 11.1 Å². The summed E-state index contributed by atoms with van der Waals surface area (Å²) in [6.07, 6.45) is 0. The molecule has 1 N–H and O–H groups in total. The number of carbonyl (C=O) groups is 1. The summed E-state index contributed by atoms with van der Waals surface area (Å²) in [7, 11) is 0. The average Bonchev–Trinajstić information content (AvgIpc) is 3.24. The highest BCUT2D eigenvalue weighted by Crippen LogP contribution is 2.29. The number of halogens is 1. The van der Waals surface area contributed by atoms with Crippen molar-refractivity contribution in [3.05, 3.63) is 92.9 Å². The highest BCUT2D eigenvalue weighted by Gasteiger charge is 2.18. The van der Waals surface area contributed by atoms with Crippen LogP contribution in [0.25, 0.3) is 17.1 Å². The molecule has 0 saturated heterocycles. The van der Waals surface area contributed by atoms with Crippen LogP contribution in [0.1, 0.15) is 5.56 Å². The van der Waals surface area contributed by atoms with Crippen molar-refractivity contribution in [2.24, 2.45) is 0 Å². The van der Waals surface area contributed by atoms with Gasteiger partial charge in [-0.2, -0.15) is 0 Å². The number of nitrogens with zero attached hydrogens (tertiary/aromatic N) is 4. The summed E-state index contributed by atoms with van der Waals surface area (Å²) in [5.74, 6) is 0.421. The Hall–Kier alpha value is -3.50. The maximum absolute atomic E-state index is 12.5. The van der Waals surface area contributed by atoms with Crippen LogP contribution in [-0.2, 0) is 4.79 Å². The van der Waals surface area contributed by atoms with Crippen LogP contribution in [0.4, 0.5) is 11.4 Å². The van der Waals surface area contributed by atoms with Gasteiger partial charge in [-0.3, -0.25) is 19.5 Å². The maximum atomic E-state index is 12.5. The van der Waals surface area contributed by atoms with Gasteiger partial charge in [-0.15, -0.1) is 10.2 Å². The Balaban J connectivity index is 1.56. The van der Waals surface area contributed by atoms with Crippen molar-refractivity contribution in [1.82, 2.24) is 14.8 Å². The molecule has 0 unspecified atom stereocenters. The lowest BCUT2D eigenvalue weighted by Crippen LogP contribution is -2.14. The molecule has 0 fully saturated rings. The lowest BCUT2D eigenvalue weighted by molar-refractivity contribution is -0.385. The molecule has 0 bridgehead atoms. The van der Waals surface area contributed by atoms with Gasteiger partial charge in [-0.1, -0.05) is 64.1 Å². The van der Waals surface area contributed by atoms with E-state index in [4.69, 9.17) is 0 Å². The molecule has 0 aliphatic rings. The topological polar surface area (TPSA) is 103 Å². The number of nitrogens with one attached hydrogen (secondary N) is 1. The third-order valence-electron chi connectivity index (χ3n) is 4.77. The zero-order valence-corrected chi connectivity index (χ0v) is 19.8. The lowest BCUT2D eigenvalue weighted by atomic mass is 10.2. The van der Waals surface area contributed by atoms with Crippen molar-refractivity contribution in [1.29, 1.82) is 0 Å². The van der Waals surface area contributed by atoms with Gasteiger partial charge in [-0.25, -0.2) is 0 Å². The summed E-state index contributed by atoms with van der Waals surface area (Å²) in [4.78, 5) is 23.2. The van der Waals surface area contributed by atoms with Gasteiger partial charge in [0.25, 0.3) is 5.69 Å². The second-order valence-electron chi connectivity index (χ2n) is 7.08. The first-order valence-corrected chi connectivity index (χ1v) is 11.6. The summed E-state index contributed by atoms with van der Waals surface area (Å²) in [5.41, 5.74) is 2.63. The highest BCUT2D eigenvalue weighted by atomic mass is 79.9. The van der Waals surface area contributed by atoms with Crippen LogP contribution in [0, 0.1) is 17.0 Å². The largest absolute Gasteiger partial charge is 0.325 e. The van der Waals surface area contributed by atoms with Crippen molar-refractivity contribution < 1.29 is 9.72 Å². The molecule has 0 aliphatic heterocycles. The monoisotopic (exact) mass is 523 g/mol. The highest BCUT2D eigenvalue weighted by molar-refractivity contribution is 9.10. The number of carbonyl (C=O) groups excluding carboxylic acids is 1. The number of nitro benzene ring substituents is 1. The minimum absolute atomic E-state index is 0.0385. The summed E-state index contributed by atoms with van der Waals surface area (Å²) in [5, 5.41) is 23.1. The van der Waals surface area contributed by atoms with Crippen molar-refractivity contribution >= 4 is 45.0 Å². The fraction of sp³-hybridized carbons (Fsp3) is 0.0870. The van der Waals surface area contributed by atoms with Gasteiger partial charge >= 0.3 is 0 Å². The first-order valence-electron chi connectivity index (χ1n) is 9.87. The Bertz CT molecular complexity index is 1310. The van der Waals surface area contributed by atoms with Crippen LogP contribution in [-0.4, -0.2) is 31.3 Å². The Kier molecular flexibility index (Phi) is 6.85. The Labute approximate surface area is 202 Å². The van der Waals surface area contributed by atoms with Gasteiger partial charge in [0.05, 0.1) is 10.7 Å². The molecule has 10 heteroatoms. The van der Waals surface area contributed by atoms with Crippen molar-refractivity contribution in [2.45, 2.75) is 12.1 Å². The molecular formula is C23H18BrN5O3S. The third-order valence-corrected chi connectivity index (χ3v) is 6.23. The molecule has 8 nitrogen and oxygen atoms in total. The molecule has 0 atom stereocenters. The standard InChI is InChI=1S/C23H18BrN5O3S/c1-15-7-12-18(13-20(15)29(31)32)25-21(30)14-33-23-27-26-22(16-8-10-17(24)11-9-16)28(23)19-5-3-2-4-6-19/h2-13H,14H2,1H3,(H,25,30). The van der Waals surface area contributed by atoms with E-state index in [1.165, 1.54) is 17.8 Å². The Morgan fingerprint density at radius 3 is 2.52 bits per heavy atom. The minimum Gasteiger partial charge on any atom is -0.325 e. The average molecular weight is 524 g/mol. The molecule has 1 amide bonds. The van der Waals surface area contributed by atoms with Gasteiger partial charge in [0, 0.05) is 33.0 Å². The second kappa shape index (κ2) is 9.97. The van der Waals surface area contributed by atoms with Crippen molar-refractivity contribution in [3.8, 4) is 17.1 Å². The molecular weight excluding hydrogens is 506 g/mol. The molecule has 0 saturated carbocycles. The number of nitro groups is 1. The summed E-state index contributed by atoms with van der Waals surface area (Å²) in [6, 6.07) is 22.0. The first-order chi connectivity index (χ1) is 15.9. The predicted octanol–water partition coefficient (Wildman–Crippen LogP) is 5.64. The molecule has 0 aliphatic carbocycles. The number of aryl methyl sites for hydroxylation is 1. The number of para-hydroxylation sites is 1. The maximum Gasteiger partial charge on any atom is 0.274 e. The summed E-state index contributed by atoms with van der Waals surface area (Å²) in [6.45, 7) is 1.65. The minimum atomic E-state index is -0.467. The fourth-order valence-electron chi connectivity index (χ4n) is 3.17. The number of hydrogen-bond donors (Lipinski definition) is 1. The number of anilines is 1. The smallest absolute Gasteiger partial charge is 0.274 e. The van der Waals surface area contributed by atoms with Crippen molar-refractivity contribution in [3.63, 3.8) is 0 Å². The normalized spacial score (nSPS) is 10.7. The van der Waals surface area contributed by atoms with E-state index in [0.29, 0.717) is 22.2 Å². The van der Waals surface area contributed by atoms with E-state index in [0.717, 1.165) is 15.7 Å². The number of benzene rings is 3. The molecule has 1 heterocycles. The van der Waals surface area contributed by atoms with Crippen LogP contribution < -0.4 is 5.32 Å². The molecule has 4 rings (SSSR count). The second-order valence-corrected chi connectivity index (χ2v) is 8.94. The summed E-state index contributed by atoms with van der Waals surface area (Å²) >= 11 is 4.68. The number of aromatic nitrogens is 3. The van der Waals surface area contributed by atoms with E-state index in [-0.39, 0.29) is 17.3 Å². The molecule has 4 aromatic rings. The number of amides is 1. The molecule has 166 valence electrons. The number of thioether (sulfide) groups is 1. The van der Waals surface area contributed by atoms with E-state index in [2.05, 4.69) is 31.4 Å². The zero-order valence-electron chi connectivity index (χ0n) is 17.4. The van der Waals surface area contributed by atoms with E-state index >= 15 is 0 Å². The first kappa shape index (κ1) is 22.7. The SMILES string of the molecule is Cc1ccc(NC(=O)CSc2nnc(-c3ccc(Br)cc3)n2-c2ccccc2)cc1[N+](=O)[O-]. The molecule has 3 aromatic carbocycles.